The van der Waals surface area contributed by atoms with Crippen LogP contribution in [0.2, 0.25) is 0 Å². The highest BCUT2D eigenvalue weighted by Crippen LogP contribution is 2.33. The zero-order chi connectivity index (χ0) is 20.8. The molecule has 154 valence electrons. The fourth-order valence-corrected chi connectivity index (χ4v) is 3.68. The van der Waals surface area contributed by atoms with E-state index in [-0.39, 0.29) is 13.2 Å². The molecular weight excluding hydrogens is 392 g/mol. The predicted molar refractivity (Wildman–Crippen MR) is 111 cm³/mol. The van der Waals surface area contributed by atoms with Gasteiger partial charge in [0, 0.05) is 18.4 Å². The van der Waals surface area contributed by atoms with Crippen molar-refractivity contribution in [3.63, 3.8) is 0 Å². The first-order valence-electron chi connectivity index (χ1n) is 9.29. The van der Waals surface area contributed by atoms with Gasteiger partial charge in [-0.25, -0.2) is 9.78 Å². The van der Waals surface area contributed by atoms with Crippen molar-refractivity contribution < 1.29 is 19.4 Å². The van der Waals surface area contributed by atoms with Gasteiger partial charge in [0.2, 0.25) is 0 Å². The Labute approximate surface area is 172 Å². The molecule has 0 unspecified atom stereocenters. The maximum atomic E-state index is 12.3. The summed E-state index contributed by atoms with van der Waals surface area (Å²) in [5.74, 6) is 0.336. The van der Waals surface area contributed by atoms with E-state index in [4.69, 9.17) is 15.2 Å². The maximum absolute atomic E-state index is 12.3. The van der Waals surface area contributed by atoms with E-state index < -0.39 is 5.97 Å². The number of hydrogen-bond acceptors (Lipinski definition) is 8. The number of carbonyl (C=O) groups excluding carboxylic acids is 1. The number of aryl methyl sites for hydroxylation is 1. The number of hydrogen-bond donors (Lipinski definition) is 2. The van der Waals surface area contributed by atoms with Crippen LogP contribution in [0.5, 0.6) is 5.75 Å². The highest BCUT2D eigenvalue weighted by atomic mass is 32.1. The predicted octanol–water partition coefficient (Wildman–Crippen LogP) is 2.75. The minimum atomic E-state index is -0.451. The van der Waals surface area contributed by atoms with Crippen molar-refractivity contribution in [2.24, 2.45) is 0 Å². The van der Waals surface area contributed by atoms with E-state index in [0.29, 0.717) is 35.1 Å². The fraction of sp³-hybridized carbons (Fsp3) is 0.350. The Bertz CT molecular complexity index is 966. The Morgan fingerprint density at radius 3 is 2.72 bits per heavy atom. The van der Waals surface area contributed by atoms with Gasteiger partial charge in [0.15, 0.2) is 5.13 Å². The molecule has 2 aromatic heterocycles. The minimum absolute atomic E-state index is 0.0503. The Balaban J connectivity index is 1.96. The number of aliphatic hydroxyl groups excluding tert-OH is 1. The number of anilines is 1. The van der Waals surface area contributed by atoms with Crippen LogP contribution in [0.4, 0.5) is 5.13 Å². The molecule has 0 fully saturated rings. The average molecular weight is 417 g/mol. The Morgan fingerprint density at radius 1 is 1.31 bits per heavy atom. The van der Waals surface area contributed by atoms with Crippen LogP contribution in [0.15, 0.2) is 30.5 Å². The summed E-state index contributed by atoms with van der Waals surface area (Å²) in [7, 11) is 1.63. The van der Waals surface area contributed by atoms with E-state index >= 15 is 0 Å². The summed E-state index contributed by atoms with van der Waals surface area (Å²) >= 11 is 1.10. The standard InChI is InChI=1S/C20H24N4O4S/c1-3-28-19(26)18-17(22-20(21)29-18)15-12-24(23-16(15)5-4-10-25)11-13-6-8-14(27-2)9-7-13/h6-9,12,25H,3-5,10-11H2,1-2H3,(H2,21,22). The summed E-state index contributed by atoms with van der Waals surface area (Å²) in [6.45, 7) is 2.62. The second-order valence-electron chi connectivity index (χ2n) is 6.31. The number of nitrogens with two attached hydrogens (primary N) is 1. The van der Waals surface area contributed by atoms with Crippen molar-refractivity contribution in [2.45, 2.75) is 26.3 Å². The normalized spacial score (nSPS) is 10.9. The lowest BCUT2D eigenvalue weighted by Gasteiger charge is -2.04. The van der Waals surface area contributed by atoms with Crippen molar-refractivity contribution in [2.75, 3.05) is 26.1 Å². The first-order valence-corrected chi connectivity index (χ1v) is 10.1. The number of nitrogen functional groups attached to an aromatic ring is 1. The lowest BCUT2D eigenvalue weighted by Crippen LogP contribution is -2.04. The molecule has 1 aromatic carbocycles. The molecule has 0 spiro atoms. The molecule has 0 saturated carbocycles. The molecule has 3 rings (SSSR count). The number of carbonyl (C=O) groups is 1. The van der Waals surface area contributed by atoms with E-state index in [9.17, 15) is 9.90 Å². The van der Waals surface area contributed by atoms with Gasteiger partial charge in [0.25, 0.3) is 0 Å². The summed E-state index contributed by atoms with van der Waals surface area (Å²) < 4.78 is 12.1. The van der Waals surface area contributed by atoms with Gasteiger partial charge < -0.3 is 20.3 Å². The fourth-order valence-electron chi connectivity index (χ4n) is 2.94. The number of esters is 1. The van der Waals surface area contributed by atoms with Gasteiger partial charge in [-0.2, -0.15) is 5.10 Å². The summed E-state index contributed by atoms with van der Waals surface area (Å²) in [6, 6.07) is 7.73. The molecule has 8 nitrogen and oxygen atoms in total. The third kappa shape index (κ3) is 4.93. The third-order valence-electron chi connectivity index (χ3n) is 4.27. The van der Waals surface area contributed by atoms with Gasteiger partial charge >= 0.3 is 5.97 Å². The first-order chi connectivity index (χ1) is 14.0. The molecule has 0 saturated heterocycles. The molecular formula is C20H24N4O4S. The van der Waals surface area contributed by atoms with Gasteiger partial charge in [-0.15, -0.1) is 0 Å². The first kappa shape index (κ1) is 20.8. The second-order valence-corrected chi connectivity index (χ2v) is 7.34. The lowest BCUT2D eigenvalue weighted by molar-refractivity contribution is 0.0532. The van der Waals surface area contributed by atoms with Gasteiger partial charge in [-0.05, 0) is 37.5 Å². The number of ether oxygens (including phenoxy) is 2. The largest absolute Gasteiger partial charge is 0.497 e. The van der Waals surface area contributed by atoms with Gasteiger partial charge in [-0.1, -0.05) is 23.5 Å². The number of rotatable bonds is 9. The SMILES string of the molecule is CCOC(=O)c1sc(N)nc1-c1cn(Cc2ccc(OC)cc2)nc1CCCO. The molecule has 2 heterocycles. The molecule has 0 radical (unpaired) electrons. The molecule has 29 heavy (non-hydrogen) atoms. The topological polar surface area (TPSA) is 112 Å². The van der Waals surface area contributed by atoms with Crippen LogP contribution in [0.25, 0.3) is 11.3 Å². The highest BCUT2D eigenvalue weighted by Gasteiger charge is 2.23. The molecule has 0 amide bonds. The Kier molecular flexibility index (Phi) is 6.84. The number of aromatic nitrogens is 3. The van der Waals surface area contributed by atoms with E-state index in [1.54, 1.807) is 18.7 Å². The van der Waals surface area contributed by atoms with E-state index in [1.807, 2.05) is 30.5 Å². The number of aliphatic hydroxyl groups is 1. The molecule has 0 atom stereocenters. The molecule has 0 aliphatic carbocycles. The minimum Gasteiger partial charge on any atom is -0.497 e. The molecule has 3 N–H and O–H groups in total. The Hall–Kier alpha value is -2.91. The van der Waals surface area contributed by atoms with Crippen LogP contribution in [0.1, 0.15) is 34.3 Å². The molecule has 0 bridgehead atoms. The van der Waals surface area contributed by atoms with Gasteiger partial charge in [0.1, 0.15) is 16.3 Å². The third-order valence-corrected chi connectivity index (χ3v) is 5.14. The maximum Gasteiger partial charge on any atom is 0.350 e. The van der Waals surface area contributed by atoms with Crippen molar-refractivity contribution in [3.8, 4) is 17.0 Å². The summed E-state index contributed by atoms with van der Waals surface area (Å²) in [4.78, 5) is 17.1. The van der Waals surface area contributed by atoms with E-state index in [2.05, 4.69) is 10.1 Å². The Morgan fingerprint density at radius 2 is 2.07 bits per heavy atom. The van der Waals surface area contributed by atoms with E-state index in [1.165, 1.54) is 0 Å². The molecule has 0 aliphatic heterocycles. The van der Waals surface area contributed by atoms with E-state index in [0.717, 1.165) is 33.9 Å². The zero-order valence-electron chi connectivity index (χ0n) is 16.4. The molecule has 9 heteroatoms. The van der Waals surface area contributed by atoms with Crippen molar-refractivity contribution in [1.29, 1.82) is 0 Å². The average Bonchev–Trinajstić information content (AvgIpc) is 3.30. The van der Waals surface area contributed by atoms with Crippen LogP contribution >= 0.6 is 11.3 Å². The van der Waals surface area contributed by atoms with Gasteiger partial charge in [-0.3, -0.25) is 4.68 Å². The highest BCUT2D eigenvalue weighted by molar-refractivity contribution is 7.17. The van der Waals surface area contributed by atoms with Crippen LogP contribution in [-0.2, 0) is 17.7 Å². The van der Waals surface area contributed by atoms with Crippen molar-refractivity contribution in [3.05, 3.63) is 46.6 Å². The van der Waals surface area contributed by atoms with Crippen LogP contribution in [0.3, 0.4) is 0 Å². The number of nitrogens with zero attached hydrogens (tertiary/aromatic N) is 3. The number of benzene rings is 1. The van der Waals surface area contributed by atoms with Crippen LogP contribution < -0.4 is 10.5 Å². The van der Waals surface area contributed by atoms with Crippen LogP contribution in [-0.4, -0.2) is 46.2 Å². The zero-order valence-corrected chi connectivity index (χ0v) is 17.2. The molecule has 0 aliphatic rings. The van der Waals surface area contributed by atoms with Gasteiger partial charge in [0.05, 0.1) is 26.0 Å². The smallest absolute Gasteiger partial charge is 0.350 e. The number of methoxy groups -OCH3 is 1. The monoisotopic (exact) mass is 416 g/mol. The van der Waals surface area contributed by atoms with Crippen molar-refractivity contribution >= 4 is 22.4 Å². The lowest BCUT2D eigenvalue weighted by atomic mass is 10.1. The summed E-state index contributed by atoms with van der Waals surface area (Å²) in [5, 5.41) is 14.2. The number of thiazole rings is 1. The second kappa shape index (κ2) is 9.53. The molecule has 3 aromatic rings. The summed E-state index contributed by atoms with van der Waals surface area (Å²) in [5.41, 5.74) is 8.88. The summed E-state index contributed by atoms with van der Waals surface area (Å²) in [6.07, 6.45) is 2.97. The quantitative estimate of drug-likeness (QED) is 0.516. The van der Waals surface area contributed by atoms with Crippen LogP contribution in [0, 0.1) is 0 Å². The van der Waals surface area contributed by atoms with Crippen molar-refractivity contribution in [1.82, 2.24) is 14.8 Å².